The second-order valence-electron chi connectivity index (χ2n) is 5.52. The van der Waals surface area contributed by atoms with Crippen LogP contribution in [0.3, 0.4) is 0 Å². The molecule has 3 rings (SSSR count). The molecule has 0 atom stereocenters. The minimum atomic E-state index is -0.151. The fourth-order valence-corrected chi connectivity index (χ4v) is 3.79. The summed E-state index contributed by atoms with van der Waals surface area (Å²) in [6.45, 7) is 0. The fraction of sp³-hybridized carbons (Fsp3) is 0.0476. The summed E-state index contributed by atoms with van der Waals surface area (Å²) in [6, 6.07) is 25.6. The van der Waals surface area contributed by atoms with Gasteiger partial charge in [-0.2, -0.15) is 5.10 Å². The zero-order chi connectivity index (χ0) is 18.9. The van der Waals surface area contributed by atoms with Gasteiger partial charge in [0.15, 0.2) is 0 Å². The number of thioether (sulfide) groups is 1. The normalized spacial score (nSPS) is 10.9. The van der Waals surface area contributed by atoms with Crippen molar-refractivity contribution < 1.29 is 4.79 Å². The summed E-state index contributed by atoms with van der Waals surface area (Å²) >= 11 is 8.99. The van der Waals surface area contributed by atoms with E-state index in [0.717, 1.165) is 15.4 Å². The Labute approximate surface area is 172 Å². The van der Waals surface area contributed by atoms with Crippen LogP contribution in [0, 0.1) is 0 Å². The first-order valence-electron chi connectivity index (χ1n) is 8.22. The van der Waals surface area contributed by atoms with E-state index in [2.05, 4.69) is 22.7 Å². The summed E-state index contributed by atoms with van der Waals surface area (Å²) in [5.74, 6) is 0.147. The lowest BCUT2D eigenvalue weighted by Crippen LogP contribution is -2.19. The van der Waals surface area contributed by atoms with Crippen molar-refractivity contribution >= 4 is 47.2 Å². The van der Waals surface area contributed by atoms with E-state index in [1.807, 2.05) is 54.6 Å². The zero-order valence-corrected chi connectivity index (χ0v) is 16.7. The van der Waals surface area contributed by atoms with Crippen molar-refractivity contribution in [2.45, 2.75) is 14.7 Å². The van der Waals surface area contributed by atoms with Crippen molar-refractivity contribution in [2.75, 3.05) is 5.75 Å². The number of carbonyl (C=O) groups is 1. The topological polar surface area (TPSA) is 41.5 Å². The summed E-state index contributed by atoms with van der Waals surface area (Å²) in [4.78, 5) is 15.2. The Morgan fingerprint density at radius 1 is 0.889 bits per heavy atom. The number of amides is 1. The molecule has 1 amide bonds. The number of nitrogens with one attached hydrogen (secondary N) is 1. The van der Waals surface area contributed by atoms with Gasteiger partial charge in [0, 0.05) is 19.7 Å². The molecule has 0 aromatic heterocycles. The Balaban J connectivity index is 1.44. The van der Waals surface area contributed by atoms with Crippen LogP contribution in [0.5, 0.6) is 0 Å². The van der Waals surface area contributed by atoms with Gasteiger partial charge in [0.1, 0.15) is 0 Å². The van der Waals surface area contributed by atoms with Crippen LogP contribution in [-0.4, -0.2) is 17.9 Å². The van der Waals surface area contributed by atoms with E-state index in [1.54, 1.807) is 30.1 Å². The summed E-state index contributed by atoms with van der Waals surface area (Å²) in [5, 5.41) is 4.70. The third-order valence-electron chi connectivity index (χ3n) is 3.45. The van der Waals surface area contributed by atoms with Crippen molar-refractivity contribution in [1.82, 2.24) is 5.43 Å². The fourth-order valence-electron chi connectivity index (χ4n) is 2.14. The minimum absolute atomic E-state index is 0.151. The monoisotopic (exact) mass is 412 g/mol. The summed E-state index contributed by atoms with van der Waals surface area (Å²) < 4.78 is 0. The molecule has 1 N–H and O–H groups in total. The number of hydrazone groups is 1. The molecule has 27 heavy (non-hydrogen) atoms. The molecule has 0 aliphatic heterocycles. The predicted molar refractivity (Wildman–Crippen MR) is 115 cm³/mol. The van der Waals surface area contributed by atoms with Gasteiger partial charge in [0.05, 0.1) is 12.0 Å². The van der Waals surface area contributed by atoms with Crippen molar-refractivity contribution in [1.29, 1.82) is 0 Å². The molecular weight excluding hydrogens is 396 g/mol. The molecule has 6 heteroatoms. The first kappa shape index (κ1) is 19.5. The van der Waals surface area contributed by atoms with Gasteiger partial charge in [-0.15, -0.1) is 11.8 Å². The molecule has 0 spiro atoms. The predicted octanol–water partition coefficient (Wildman–Crippen LogP) is 5.73. The molecule has 0 aliphatic carbocycles. The van der Waals surface area contributed by atoms with Crippen LogP contribution in [0.2, 0.25) is 5.02 Å². The molecule has 0 aliphatic rings. The minimum Gasteiger partial charge on any atom is -0.272 e. The van der Waals surface area contributed by atoms with Crippen LogP contribution in [0.4, 0.5) is 0 Å². The molecular formula is C21H17ClN2OS2. The number of halogens is 1. The van der Waals surface area contributed by atoms with E-state index in [9.17, 15) is 4.79 Å². The standard InChI is InChI=1S/C21H17ClN2OS2/c22-17-8-12-18(13-9-17)26-15-21(25)24-23-14-16-6-10-20(11-7-16)27-19-4-2-1-3-5-19/h1-14H,15H2,(H,24,25)/b23-14-. The molecule has 3 aromatic rings. The van der Waals surface area contributed by atoms with E-state index >= 15 is 0 Å². The zero-order valence-electron chi connectivity index (χ0n) is 14.3. The number of nitrogens with zero attached hydrogens (tertiary/aromatic N) is 1. The number of carbonyl (C=O) groups excluding carboxylic acids is 1. The number of benzene rings is 3. The van der Waals surface area contributed by atoms with Crippen LogP contribution in [0.25, 0.3) is 0 Å². The second kappa shape index (κ2) is 10.2. The van der Waals surface area contributed by atoms with Gasteiger partial charge in [0.2, 0.25) is 5.91 Å². The molecule has 0 unspecified atom stereocenters. The number of hydrogen-bond donors (Lipinski definition) is 1. The first-order valence-corrected chi connectivity index (χ1v) is 10.4. The van der Waals surface area contributed by atoms with Gasteiger partial charge in [-0.3, -0.25) is 4.79 Å². The van der Waals surface area contributed by atoms with E-state index in [0.29, 0.717) is 10.8 Å². The number of rotatable bonds is 7. The van der Waals surface area contributed by atoms with Gasteiger partial charge in [-0.05, 0) is 54.1 Å². The Kier molecular flexibility index (Phi) is 7.39. The molecule has 0 saturated carbocycles. The highest BCUT2D eigenvalue weighted by Crippen LogP contribution is 2.27. The highest BCUT2D eigenvalue weighted by Gasteiger charge is 2.02. The van der Waals surface area contributed by atoms with E-state index < -0.39 is 0 Å². The maximum absolute atomic E-state index is 11.9. The van der Waals surface area contributed by atoms with Gasteiger partial charge in [0.25, 0.3) is 0 Å². The molecule has 0 heterocycles. The van der Waals surface area contributed by atoms with Crippen molar-refractivity contribution in [3.05, 3.63) is 89.4 Å². The SMILES string of the molecule is O=C(CSc1ccc(Cl)cc1)N/N=C\c1ccc(Sc2ccccc2)cc1. The smallest absolute Gasteiger partial charge is 0.250 e. The van der Waals surface area contributed by atoms with Gasteiger partial charge < -0.3 is 0 Å². The molecule has 0 fully saturated rings. The molecule has 0 bridgehead atoms. The quantitative estimate of drug-likeness (QED) is 0.306. The van der Waals surface area contributed by atoms with Gasteiger partial charge in [-0.25, -0.2) is 5.43 Å². The Hall–Kier alpha value is -2.21. The third-order valence-corrected chi connectivity index (χ3v) is 5.73. The molecule has 3 nitrogen and oxygen atoms in total. The Morgan fingerprint density at radius 3 is 2.22 bits per heavy atom. The van der Waals surface area contributed by atoms with Crippen LogP contribution in [0.15, 0.2) is 98.7 Å². The Bertz CT molecular complexity index is 898. The van der Waals surface area contributed by atoms with Crippen LogP contribution in [0.1, 0.15) is 5.56 Å². The van der Waals surface area contributed by atoms with E-state index in [-0.39, 0.29) is 5.91 Å². The molecule has 136 valence electrons. The van der Waals surface area contributed by atoms with E-state index in [1.165, 1.54) is 16.7 Å². The van der Waals surface area contributed by atoms with Crippen molar-refractivity contribution in [2.24, 2.45) is 5.10 Å². The van der Waals surface area contributed by atoms with Crippen LogP contribution < -0.4 is 5.43 Å². The Morgan fingerprint density at radius 2 is 1.52 bits per heavy atom. The van der Waals surface area contributed by atoms with Gasteiger partial charge in [-0.1, -0.05) is 53.7 Å². The summed E-state index contributed by atoms with van der Waals surface area (Å²) in [7, 11) is 0. The summed E-state index contributed by atoms with van der Waals surface area (Å²) in [5.41, 5.74) is 3.47. The van der Waals surface area contributed by atoms with Crippen molar-refractivity contribution in [3.63, 3.8) is 0 Å². The lowest BCUT2D eigenvalue weighted by Gasteiger charge is -2.02. The van der Waals surface area contributed by atoms with Crippen molar-refractivity contribution in [3.8, 4) is 0 Å². The lowest BCUT2D eigenvalue weighted by atomic mass is 10.2. The summed E-state index contributed by atoms with van der Waals surface area (Å²) in [6.07, 6.45) is 1.64. The second-order valence-corrected chi connectivity index (χ2v) is 8.15. The highest BCUT2D eigenvalue weighted by atomic mass is 35.5. The maximum atomic E-state index is 11.9. The third kappa shape index (κ3) is 6.79. The average molecular weight is 413 g/mol. The van der Waals surface area contributed by atoms with E-state index in [4.69, 9.17) is 11.6 Å². The maximum Gasteiger partial charge on any atom is 0.250 e. The molecule has 0 radical (unpaired) electrons. The van der Waals surface area contributed by atoms with Gasteiger partial charge >= 0.3 is 0 Å². The highest BCUT2D eigenvalue weighted by molar-refractivity contribution is 8.00. The molecule has 0 saturated heterocycles. The number of hydrogen-bond acceptors (Lipinski definition) is 4. The first-order chi connectivity index (χ1) is 13.2. The average Bonchev–Trinajstić information content (AvgIpc) is 2.70. The van der Waals surface area contributed by atoms with Crippen LogP contribution in [-0.2, 0) is 4.79 Å². The van der Waals surface area contributed by atoms with Crippen LogP contribution >= 0.6 is 35.1 Å². The molecule has 3 aromatic carbocycles. The lowest BCUT2D eigenvalue weighted by molar-refractivity contribution is -0.118. The largest absolute Gasteiger partial charge is 0.272 e.